The molecule has 22 heavy (non-hydrogen) atoms. The summed E-state index contributed by atoms with van der Waals surface area (Å²) in [5.41, 5.74) is 8.98. The molecule has 0 radical (unpaired) electrons. The maximum Gasteiger partial charge on any atom is 0.189 e. The lowest BCUT2D eigenvalue weighted by molar-refractivity contribution is 0.707. The van der Waals surface area contributed by atoms with Crippen LogP contribution in [0.2, 0.25) is 10.0 Å². The summed E-state index contributed by atoms with van der Waals surface area (Å²) >= 11 is 12.1. The van der Waals surface area contributed by atoms with E-state index in [4.69, 9.17) is 28.9 Å². The average Bonchev–Trinajstić information content (AvgIpc) is 2.76. The molecule has 118 valence electrons. The summed E-state index contributed by atoms with van der Waals surface area (Å²) in [5.74, 6) is 0.363. The minimum absolute atomic E-state index is 0.0662. The topological polar surface area (TPSA) is 68.2 Å². The van der Waals surface area contributed by atoms with Crippen molar-refractivity contribution in [1.29, 1.82) is 0 Å². The van der Waals surface area contributed by atoms with Crippen molar-refractivity contribution in [1.82, 2.24) is 15.1 Å². The van der Waals surface area contributed by atoms with E-state index in [1.807, 2.05) is 31.6 Å². The number of halogens is 2. The lowest BCUT2D eigenvalue weighted by Crippen LogP contribution is -2.34. The SMILES string of the molecule is Cc1c(CN=C(N)NC(C)c2ccc(Cl)cc2Cl)cnn1C. The van der Waals surface area contributed by atoms with Crippen LogP contribution in [0.15, 0.2) is 29.4 Å². The summed E-state index contributed by atoms with van der Waals surface area (Å²) in [5, 5.41) is 8.51. The molecule has 2 aromatic rings. The van der Waals surface area contributed by atoms with Gasteiger partial charge in [0.2, 0.25) is 0 Å². The third-order valence-electron chi connectivity index (χ3n) is 3.55. The summed E-state index contributed by atoms with van der Waals surface area (Å²) in [6, 6.07) is 5.32. The highest BCUT2D eigenvalue weighted by atomic mass is 35.5. The minimum atomic E-state index is -0.0662. The van der Waals surface area contributed by atoms with Crippen molar-refractivity contribution in [3.63, 3.8) is 0 Å². The summed E-state index contributed by atoms with van der Waals surface area (Å²) in [6.45, 7) is 4.45. The van der Waals surface area contributed by atoms with Gasteiger partial charge in [-0.05, 0) is 31.5 Å². The molecule has 1 heterocycles. The van der Waals surface area contributed by atoms with Crippen LogP contribution in [0.3, 0.4) is 0 Å². The predicted octanol–water partition coefficient (Wildman–Crippen LogP) is 3.20. The molecule has 1 aromatic heterocycles. The van der Waals surface area contributed by atoms with Crippen LogP contribution in [0, 0.1) is 6.92 Å². The maximum absolute atomic E-state index is 6.19. The molecule has 0 spiro atoms. The molecule has 1 atom stereocenters. The van der Waals surface area contributed by atoms with Crippen molar-refractivity contribution in [3.05, 3.63) is 51.3 Å². The highest BCUT2D eigenvalue weighted by molar-refractivity contribution is 6.35. The number of aromatic nitrogens is 2. The summed E-state index contributed by atoms with van der Waals surface area (Å²) in [7, 11) is 1.90. The Balaban J connectivity index is 2.02. The Labute approximate surface area is 140 Å². The zero-order chi connectivity index (χ0) is 16.3. The van der Waals surface area contributed by atoms with E-state index in [1.165, 1.54) is 0 Å². The van der Waals surface area contributed by atoms with Gasteiger partial charge in [-0.2, -0.15) is 5.10 Å². The molecule has 0 aliphatic rings. The molecule has 5 nitrogen and oxygen atoms in total. The quantitative estimate of drug-likeness (QED) is 0.663. The van der Waals surface area contributed by atoms with Crippen LogP contribution in [-0.2, 0) is 13.6 Å². The molecule has 0 fully saturated rings. The highest BCUT2D eigenvalue weighted by Gasteiger charge is 2.11. The number of nitrogens with two attached hydrogens (primary N) is 1. The summed E-state index contributed by atoms with van der Waals surface area (Å²) < 4.78 is 1.81. The van der Waals surface area contributed by atoms with Gasteiger partial charge >= 0.3 is 0 Å². The standard InChI is InChI=1S/C15H19Cl2N5/c1-9(13-5-4-12(16)6-14(13)17)21-15(18)19-7-11-8-20-22(3)10(11)2/h4-6,8-9H,7H2,1-3H3,(H3,18,19,21). The van der Waals surface area contributed by atoms with Gasteiger partial charge in [-0.25, -0.2) is 4.99 Å². The fourth-order valence-corrected chi connectivity index (χ4v) is 2.64. The van der Waals surface area contributed by atoms with Crippen LogP contribution in [0.25, 0.3) is 0 Å². The van der Waals surface area contributed by atoms with Crippen LogP contribution in [-0.4, -0.2) is 15.7 Å². The number of nitrogens with zero attached hydrogens (tertiary/aromatic N) is 3. The van der Waals surface area contributed by atoms with Crippen LogP contribution >= 0.6 is 23.2 Å². The lowest BCUT2D eigenvalue weighted by Gasteiger charge is -2.16. The van der Waals surface area contributed by atoms with E-state index in [1.54, 1.807) is 18.3 Å². The molecular weight excluding hydrogens is 321 g/mol. The molecule has 2 rings (SSSR count). The second-order valence-corrected chi connectivity index (χ2v) is 5.96. The van der Waals surface area contributed by atoms with Gasteiger partial charge in [0, 0.05) is 28.4 Å². The van der Waals surface area contributed by atoms with Gasteiger partial charge in [0.1, 0.15) is 0 Å². The molecule has 0 aliphatic heterocycles. The first-order chi connectivity index (χ1) is 10.4. The highest BCUT2D eigenvalue weighted by Crippen LogP contribution is 2.25. The zero-order valence-corrected chi connectivity index (χ0v) is 14.3. The molecule has 7 heteroatoms. The van der Waals surface area contributed by atoms with Gasteiger partial charge < -0.3 is 11.1 Å². The third-order valence-corrected chi connectivity index (χ3v) is 4.11. The molecular formula is C15H19Cl2N5. The van der Waals surface area contributed by atoms with E-state index in [0.29, 0.717) is 22.5 Å². The number of benzene rings is 1. The maximum atomic E-state index is 6.19. The van der Waals surface area contributed by atoms with E-state index in [2.05, 4.69) is 15.4 Å². The van der Waals surface area contributed by atoms with E-state index in [9.17, 15) is 0 Å². The molecule has 0 aliphatic carbocycles. The Morgan fingerprint density at radius 1 is 1.45 bits per heavy atom. The fraction of sp³-hybridized carbons (Fsp3) is 0.333. The first kappa shape index (κ1) is 16.6. The van der Waals surface area contributed by atoms with Crippen LogP contribution < -0.4 is 11.1 Å². The second-order valence-electron chi connectivity index (χ2n) is 5.11. The van der Waals surface area contributed by atoms with Gasteiger partial charge in [0.25, 0.3) is 0 Å². The van der Waals surface area contributed by atoms with Crippen molar-refractivity contribution in [2.45, 2.75) is 26.4 Å². The Hall–Kier alpha value is -1.72. The number of hydrogen-bond donors (Lipinski definition) is 2. The molecule has 0 saturated carbocycles. The van der Waals surface area contributed by atoms with E-state index in [-0.39, 0.29) is 6.04 Å². The Morgan fingerprint density at radius 2 is 2.18 bits per heavy atom. The second kappa shape index (κ2) is 7.03. The lowest BCUT2D eigenvalue weighted by atomic mass is 10.1. The van der Waals surface area contributed by atoms with E-state index in [0.717, 1.165) is 16.8 Å². The number of guanidine groups is 1. The van der Waals surface area contributed by atoms with Gasteiger partial charge in [-0.1, -0.05) is 29.3 Å². The van der Waals surface area contributed by atoms with E-state index >= 15 is 0 Å². The van der Waals surface area contributed by atoms with Crippen LogP contribution in [0.4, 0.5) is 0 Å². The molecule has 3 N–H and O–H groups in total. The fourth-order valence-electron chi connectivity index (χ4n) is 2.07. The van der Waals surface area contributed by atoms with Crippen molar-refractivity contribution < 1.29 is 0 Å². The molecule has 0 bridgehead atoms. The number of aliphatic imine (C=N–C) groups is 1. The first-order valence-electron chi connectivity index (χ1n) is 6.87. The van der Waals surface area contributed by atoms with Crippen molar-refractivity contribution >= 4 is 29.2 Å². The minimum Gasteiger partial charge on any atom is -0.370 e. The summed E-state index contributed by atoms with van der Waals surface area (Å²) in [4.78, 5) is 4.34. The molecule has 0 amide bonds. The zero-order valence-electron chi connectivity index (χ0n) is 12.8. The van der Waals surface area contributed by atoms with Crippen LogP contribution in [0.1, 0.15) is 29.8 Å². The van der Waals surface area contributed by atoms with Crippen molar-refractivity contribution in [2.75, 3.05) is 0 Å². The third kappa shape index (κ3) is 3.93. The number of rotatable bonds is 4. The smallest absolute Gasteiger partial charge is 0.189 e. The molecule has 1 unspecified atom stereocenters. The number of nitrogens with one attached hydrogen (secondary N) is 1. The number of aryl methyl sites for hydroxylation is 1. The van der Waals surface area contributed by atoms with Gasteiger partial charge in [0.15, 0.2) is 5.96 Å². The van der Waals surface area contributed by atoms with Crippen LogP contribution in [0.5, 0.6) is 0 Å². The Morgan fingerprint density at radius 3 is 2.77 bits per heavy atom. The average molecular weight is 340 g/mol. The first-order valence-corrected chi connectivity index (χ1v) is 7.63. The van der Waals surface area contributed by atoms with Gasteiger partial charge in [-0.15, -0.1) is 0 Å². The molecule has 1 aromatic carbocycles. The summed E-state index contributed by atoms with van der Waals surface area (Å²) in [6.07, 6.45) is 1.80. The monoisotopic (exact) mass is 339 g/mol. The Kier molecular flexibility index (Phi) is 5.32. The predicted molar refractivity (Wildman–Crippen MR) is 91.3 cm³/mol. The number of hydrogen-bond acceptors (Lipinski definition) is 2. The van der Waals surface area contributed by atoms with Crippen molar-refractivity contribution in [2.24, 2.45) is 17.8 Å². The Bertz CT molecular complexity index is 693. The normalized spacial score (nSPS) is 13.2. The van der Waals surface area contributed by atoms with Gasteiger partial charge in [0.05, 0.1) is 18.8 Å². The van der Waals surface area contributed by atoms with Crippen molar-refractivity contribution in [3.8, 4) is 0 Å². The van der Waals surface area contributed by atoms with E-state index < -0.39 is 0 Å². The van der Waals surface area contributed by atoms with Gasteiger partial charge in [-0.3, -0.25) is 4.68 Å². The molecule has 0 saturated heterocycles. The largest absolute Gasteiger partial charge is 0.370 e.